The molecule has 0 saturated carbocycles. The first-order valence-corrected chi connectivity index (χ1v) is 6.84. The van der Waals surface area contributed by atoms with Gasteiger partial charge in [-0.15, -0.1) is 0 Å². The number of hydrazone groups is 1. The molecule has 2 aromatic rings. The number of phenols is 3. The standard InChI is InChI=1S/C16H16N2O6/c1-23-12-4-2-3-5-13(12)24-9-14(20)18-17-8-10-6-7-11(19)16(22)15(10)21/h2-8,19,21-22H,9H2,1H3,(H,18,20)/b17-8+. The number of hydrogen-bond acceptors (Lipinski definition) is 7. The summed E-state index contributed by atoms with van der Waals surface area (Å²) in [7, 11) is 1.49. The van der Waals surface area contributed by atoms with Crippen molar-refractivity contribution in [2.75, 3.05) is 13.7 Å². The smallest absolute Gasteiger partial charge is 0.277 e. The van der Waals surface area contributed by atoms with Crippen molar-refractivity contribution in [2.24, 2.45) is 5.10 Å². The van der Waals surface area contributed by atoms with E-state index in [-0.39, 0.29) is 12.2 Å². The second-order valence-electron chi connectivity index (χ2n) is 4.60. The van der Waals surface area contributed by atoms with Gasteiger partial charge < -0.3 is 24.8 Å². The van der Waals surface area contributed by atoms with Gasteiger partial charge in [0.05, 0.1) is 13.3 Å². The third kappa shape index (κ3) is 4.07. The van der Waals surface area contributed by atoms with Gasteiger partial charge in [-0.25, -0.2) is 5.43 Å². The highest BCUT2D eigenvalue weighted by atomic mass is 16.5. The third-order valence-corrected chi connectivity index (χ3v) is 2.98. The van der Waals surface area contributed by atoms with Gasteiger partial charge in [-0.3, -0.25) is 4.79 Å². The Hall–Kier alpha value is -3.42. The highest BCUT2D eigenvalue weighted by Crippen LogP contribution is 2.36. The van der Waals surface area contributed by atoms with Crippen LogP contribution in [0.25, 0.3) is 0 Å². The van der Waals surface area contributed by atoms with E-state index in [1.807, 2.05) is 0 Å². The molecule has 0 atom stereocenters. The summed E-state index contributed by atoms with van der Waals surface area (Å²) in [6.45, 7) is -0.287. The minimum Gasteiger partial charge on any atom is -0.504 e. The predicted molar refractivity (Wildman–Crippen MR) is 85.7 cm³/mol. The van der Waals surface area contributed by atoms with Crippen molar-refractivity contribution in [2.45, 2.75) is 0 Å². The van der Waals surface area contributed by atoms with Crippen LogP contribution in [0, 0.1) is 0 Å². The fraction of sp³-hybridized carbons (Fsp3) is 0.125. The number of ether oxygens (including phenoxy) is 2. The van der Waals surface area contributed by atoms with Gasteiger partial charge in [-0.05, 0) is 24.3 Å². The first-order valence-electron chi connectivity index (χ1n) is 6.84. The number of methoxy groups -OCH3 is 1. The fourth-order valence-electron chi connectivity index (χ4n) is 1.78. The van der Waals surface area contributed by atoms with E-state index in [4.69, 9.17) is 9.47 Å². The molecule has 0 aliphatic heterocycles. The number of nitrogens with zero attached hydrogens (tertiary/aromatic N) is 1. The molecule has 2 aromatic carbocycles. The lowest BCUT2D eigenvalue weighted by Gasteiger charge is -2.09. The van der Waals surface area contributed by atoms with Crippen molar-refractivity contribution < 1.29 is 29.6 Å². The van der Waals surface area contributed by atoms with Crippen LogP contribution in [0.3, 0.4) is 0 Å². The molecule has 0 unspecified atom stereocenters. The van der Waals surface area contributed by atoms with Crippen LogP contribution in [0.4, 0.5) is 0 Å². The number of hydrogen-bond donors (Lipinski definition) is 4. The average molecular weight is 332 g/mol. The van der Waals surface area contributed by atoms with Gasteiger partial charge in [0.1, 0.15) is 0 Å². The summed E-state index contributed by atoms with van der Waals surface area (Å²) in [5.74, 6) is -1.28. The van der Waals surface area contributed by atoms with Gasteiger partial charge in [0.25, 0.3) is 5.91 Å². The fourth-order valence-corrected chi connectivity index (χ4v) is 1.78. The van der Waals surface area contributed by atoms with Gasteiger partial charge >= 0.3 is 0 Å². The molecule has 2 rings (SSSR count). The Morgan fingerprint density at radius 3 is 2.54 bits per heavy atom. The first kappa shape index (κ1) is 16.9. The van der Waals surface area contributed by atoms with E-state index >= 15 is 0 Å². The molecule has 0 aliphatic rings. The number of rotatable bonds is 6. The lowest BCUT2D eigenvalue weighted by Crippen LogP contribution is -2.24. The molecule has 24 heavy (non-hydrogen) atoms. The van der Waals surface area contributed by atoms with Crippen LogP contribution < -0.4 is 14.9 Å². The van der Waals surface area contributed by atoms with Crippen molar-refractivity contribution in [3.8, 4) is 28.7 Å². The normalized spacial score (nSPS) is 10.5. The zero-order valence-corrected chi connectivity index (χ0v) is 12.8. The van der Waals surface area contributed by atoms with Gasteiger partial charge in [0.2, 0.25) is 5.75 Å². The van der Waals surface area contributed by atoms with Crippen molar-refractivity contribution >= 4 is 12.1 Å². The Morgan fingerprint density at radius 2 is 1.83 bits per heavy atom. The Kier molecular flexibility index (Phi) is 5.45. The van der Waals surface area contributed by atoms with E-state index in [9.17, 15) is 20.1 Å². The summed E-state index contributed by atoms with van der Waals surface area (Å²) in [6, 6.07) is 9.39. The molecular formula is C16H16N2O6. The molecule has 0 fully saturated rings. The van der Waals surface area contributed by atoms with Crippen molar-refractivity contribution in [3.05, 3.63) is 42.0 Å². The molecule has 8 heteroatoms. The number of benzene rings is 2. The molecule has 4 N–H and O–H groups in total. The number of amides is 1. The molecule has 0 heterocycles. The number of para-hydroxylation sites is 2. The highest BCUT2D eigenvalue weighted by Gasteiger charge is 2.10. The van der Waals surface area contributed by atoms with Gasteiger partial charge in [0, 0.05) is 5.56 Å². The Bertz CT molecular complexity index is 760. The molecule has 126 valence electrons. The second-order valence-corrected chi connectivity index (χ2v) is 4.60. The topological polar surface area (TPSA) is 121 Å². The van der Waals surface area contributed by atoms with Gasteiger partial charge in [0.15, 0.2) is 29.6 Å². The van der Waals surface area contributed by atoms with Crippen LogP contribution in [0.15, 0.2) is 41.5 Å². The molecule has 1 amide bonds. The number of aromatic hydroxyl groups is 3. The molecular weight excluding hydrogens is 316 g/mol. The average Bonchev–Trinajstić information content (AvgIpc) is 2.60. The maximum absolute atomic E-state index is 11.7. The molecule has 0 aliphatic carbocycles. The Labute approximate surface area is 137 Å². The van der Waals surface area contributed by atoms with Gasteiger partial charge in [-0.2, -0.15) is 5.10 Å². The van der Waals surface area contributed by atoms with E-state index in [0.717, 1.165) is 6.21 Å². The highest BCUT2D eigenvalue weighted by molar-refractivity contribution is 5.87. The monoisotopic (exact) mass is 332 g/mol. The van der Waals surface area contributed by atoms with E-state index in [1.165, 1.54) is 19.2 Å². The molecule has 0 saturated heterocycles. The number of carbonyl (C=O) groups excluding carboxylic acids is 1. The van der Waals surface area contributed by atoms with Crippen molar-refractivity contribution in [1.82, 2.24) is 5.43 Å². The molecule has 0 aromatic heterocycles. The summed E-state index contributed by atoms with van der Waals surface area (Å²) in [6.07, 6.45) is 1.12. The third-order valence-electron chi connectivity index (χ3n) is 2.98. The minimum atomic E-state index is -0.662. The number of carbonyl (C=O) groups is 1. The molecule has 8 nitrogen and oxygen atoms in total. The molecule has 0 spiro atoms. The zero-order valence-electron chi connectivity index (χ0n) is 12.8. The summed E-state index contributed by atoms with van der Waals surface area (Å²) >= 11 is 0. The van der Waals surface area contributed by atoms with E-state index in [0.29, 0.717) is 11.5 Å². The molecule has 0 bridgehead atoms. The minimum absolute atomic E-state index is 0.122. The van der Waals surface area contributed by atoms with Crippen LogP contribution in [0.5, 0.6) is 28.7 Å². The Morgan fingerprint density at radius 1 is 1.12 bits per heavy atom. The van der Waals surface area contributed by atoms with Crippen LogP contribution in [0.2, 0.25) is 0 Å². The van der Waals surface area contributed by atoms with Crippen LogP contribution in [-0.4, -0.2) is 41.2 Å². The predicted octanol–water partition coefficient (Wildman–Crippen LogP) is 1.34. The summed E-state index contributed by atoms with van der Waals surface area (Å²) < 4.78 is 10.4. The van der Waals surface area contributed by atoms with Crippen LogP contribution >= 0.6 is 0 Å². The van der Waals surface area contributed by atoms with E-state index in [2.05, 4.69) is 10.5 Å². The molecule has 0 radical (unpaired) electrons. The van der Waals surface area contributed by atoms with E-state index < -0.39 is 23.2 Å². The van der Waals surface area contributed by atoms with Crippen LogP contribution in [-0.2, 0) is 4.79 Å². The van der Waals surface area contributed by atoms with Crippen LogP contribution in [0.1, 0.15) is 5.56 Å². The lowest BCUT2D eigenvalue weighted by atomic mass is 10.2. The lowest BCUT2D eigenvalue weighted by molar-refractivity contribution is -0.123. The van der Waals surface area contributed by atoms with Gasteiger partial charge in [-0.1, -0.05) is 12.1 Å². The largest absolute Gasteiger partial charge is 0.504 e. The quantitative estimate of drug-likeness (QED) is 0.360. The second kappa shape index (κ2) is 7.73. The SMILES string of the molecule is COc1ccccc1OCC(=O)N/N=C/c1ccc(O)c(O)c1O. The first-order chi connectivity index (χ1) is 11.5. The Balaban J connectivity index is 1.90. The van der Waals surface area contributed by atoms with Crippen molar-refractivity contribution in [1.29, 1.82) is 0 Å². The number of nitrogens with one attached hydrogen (secondary N) is 1. The maximum Gasteiger partial charge on any atom is 0.277 e. The van der Waals surface area contributed by atoms with Crippen molar-refractivity contribution in [3.63, 3.8) is 0 Å². The zero-order chi connectivity index (χ0) is 17.5. The summed E-state index contributed by atoms with van der Waals surface area (Å²) in [4.78, 5) is 11.7. The maximum atomic E-state index is 11.7. The number of phenolic OH excluding ortho intramolecular Hbond substituents is 3. The van der Waals surface area contributed by atoms with E-state index in [1.54, 1.807) is 24.3 Å². The summed E-state index contributed by atoms with van der Waals surface area (Å²) in [5.41, 5.74) is 2.33. The summed E-state index contributed by atoms with van der Waals surface area (Å²) in [5, 5.41) is 31.8.